The number of benzene rings is 10. The molecule has 3 aliphatic rings. The third-order valence-electron chi connectivity index (χ3n) is 18.3. The van der Waals surface area contributed by atoms with E-state index in [0.29, 0.717) is 0 Å². The molecule has 10 aromatic rings. The topological polar surface area (TPSA) is 309 Å². The minimum absolute atomic E-state index is 0.00611. The fourth-order valence-electron chi connectivity index (χ4n) is 12.6. The molecule has 0 radical (unpaired) electrons. The number of alkyl halides is 1. The van der Waals surface area contributed by atoms with Gasteiger partial charge in [-0.05, 0) is 121 Å². The summed E-state index contributed by atoms with van der Waals surface area (Å²) in [6.07, 6.45) is -28.4. The zero-order chi connectivity index (χ0) is 79.3. The number of carbonyl (C=O) groups is 10. The van der Waals surface area contributed by atoms with E-state index in [1.807, 2.05) is 0 Å². The first-order chi connectivity index (χ1) is 55.6. The van der Waals surface area contributed by atoms with Crippen LogP contribution in [0.2, 0.25) is 0 Å². The summed E-state index contributed by atoms with van der Waals surface area (Å²) in [4.78, 5) is 148. The lowest BCUT2D eigenvalue weighted by Crippen LogP contribution is -2.68. The van der Waals surface area contributed by atoms with Crippen molar-refractivity contribution in [3.8, 4) is 0 Å². The summed E-state index contributed by atoms with van der Waals surface area (Å²) >= 11 is 3.52. The van der Waals surface area contributed by atoms with Crippen molar-refractivity contribution in [3.63, 3.8) is 0 Å². The highest BCUT2D eigenvalue weighted by Gasteiger charge is 2.61. The highest BCUT2D eigenvalue weighted by molar-refractivity contribution is 9.09. The van der Waals surface area contributed by atoms with E-state index in [9.17, 15) is 33.6 Å². The minimum Gasteiger partial charge on any atom is -0.459 e. The summed E-state index contributed by atoms with van der Waals surface area (Å²) in [6.45, 7) is -2.58. The predicted octanol–water partition coefficient (Wildman–Crippen LogP) is 12.5. The Kier molecular flexibility index (Phi) is 26.7. The van der Waals surface area contributed by atoms with Crippen LogP contribution in [0.5, 0.6) is 0 Å². The highest BCUT2D eigenvalue weighted by atomic mass is 79.9. The number of esters is 10. The number of hydrogen-bond donors (Lipinski definition) is 0. The lowest BCUT2D eigenvalue weighted by atomic mass is 9.95. The van der Waals surface area contributed by atoms with Crippen LogP contribution in [0.3, 0.4) is 0 Å². The standard InChI is InChI=1S/C88H71BrO25/c89-76-73(110-84(97)61-45-25-8-26-46-61)70(107-81(94)58-39-19-5-20-40-58)68(64(103-76)51-100-77(90)54-31-11-1-12-32-54)113-88-75(112-86(99)63-49-29-10-30-50-63)72(109-83(96)60-43-23-7-24-44-60)69(66(105-88)53-102-79(92)56-35-15-3-16-36-56)114-87-74(111-85(98)62-47-27-9-28-48-62)71(108-82(95)59-41-21-6-22-42-59)67(106-80(93)57-37-17-4-18-38-57)65(104-87)52-101-78(91)55-33-13-2-14-34-55/h1-50,64-76,87-88H,51-53H2/t64-,65-,66-,67-,68-,69-,70+,71+,72+,73-,74-,75-,76+,87-,88-/m1/s1. The van der Waals surface area contributed by atoms with E-state index in [-0.39, 0.29) is 55.6 Å². The minimum atomic E-state index is -2.28. The van der Waals surface area contributed by atoms with Gasteiger partial charge in [0.15, 0.2) is 60.3 Å². The summed E-state index contributed by atoms with van der Waals surface area (Å²) in [5.41, 5.74) is -0.252. The van der Waals surface area contributed by atoms with Gasteiger partial charge in [0.2, 0.25) is 0 Å². The Morgan fingerprint density at radius 3 is 0.632 bits per heavy atom. The van der Waals surface area contributed by atoms with Crippen LogP contribution in [0.4, 0.5) is 0 Å². The number of carbonyl (C=O) groups excluding carboxylic acids is 10. The molecule has 25 nitrogen and oxygen atoms in total. The number of hydrogen-bond acceptors (Lipinski definition) is 25. The second-order valence-electron chi connectivity index (χ2n) is 25.9. The van der Waals surface area contributed by atoms with Crippen molar-refractivity contribution in [3.05, 3.63) is 359 Å². The van der Waals surface area contributed by atoms with Crippen LogP contribution in [0.25, 0.3) is 0 Å². The molecule has 10 aromatic carbocycles. The molecule has 3 fully saturated rings. The Balaban J connectivity index is 1.000. The van der Waals surface area contributed by atoms with E-state index >= 15 is 14.4 Å². The number of rotatable bonds is 27. The summed E-state index contributed by atoms with van der Waals surface area (Å²) in [7, 11) is 0. The summed E-state index contributed by atoms with van der Waals surface area (Å²) in [6, 6.07) is 76.2. The molecule has 15 atom stereocenters. The van der Waals surface area contributed by atoms with Crippen LogP contribution in [0.1, 0.15) is 104 Å². The molecule has 0 spiro atoms. The first-order valence-corrected chi connectivity index (χ1v) is 36.9. The maximum absolute atomic E-state index is 15.5. The molecule has 0 saturated carbocycles. The molecule has 3 saturated heterocycles. The van der Waals surface area contributed by atoms with Crippen LogP contribution in [0.15, 0.2) is 303 Å². The van der Waals surface area contributed by atoms with Crippen LogP contribution in [0, 0.1) is 0 Å². The molecule has 0 aromatic heterocycles. The fraction of sp³-hybridized carbons (Fsp3) is 0.205. The highest BCUT2D eigenvalue weighted by Crippen LogP contribution is 2.41. The number of halogens is 1. The van der Waals surface area contributed by atoms with E-state index in [4.69, 9.17) is 71.1 Å². The zero-order valence-corrected chi connectivity index (χ0v) is 61.8. The van der Waals surface area contributed by atoms with E-state index in [1.165, 1.54) is 170 Å². The summed E-state index contributed by atoms with van der Waals surface area (Å²) in [5.74, 6) is -10.3. The molecular formula is C88H71BrO25. The van der Waals surface area contributed by atoms with Gasteiger partial charge >= 0.3 is 59.7 Å². The van der Waals surface area contributed by atoms with Gasteiger partial charge < -0.3 is 71.1 Å². The molecule has 0 aliphatic carbocycles. The van der Waals surface area contributed by atoms with Gasteiger partial charge in [0.05, 0.1) is 55.6 Å². The Hall–Kier alpha value is -12.8. The molecule has 580 valence electrons. The van der Waals surface area contributed by atoms with Gasteiger partial charge in [0.1, 0.15) is 50.3 Å². The van der Waals surface area contributed by atoms with Crippen LogP contribution in [-0.2, 0) is 71.1 Å². The largest absolute Gasteiger partial charge is 0.459 e. The lowest BCUT2D eigenvalue weighted by Gasteiger charge is -2.50. The second kappa shape index (κ2) is 38.4. The van der Waals surface area contributed by atoms with Crippen molar-refractivity contribution in [2.24, 2.45) is 0 Å². The Morgan fingerprint density at radius 1 is 0.211 bits per heavy atom. The molecule has 0 unspecified atom stereocenters. The van der Waals surface area contributed by atoms with Crippen molar-refractivity contribution < 1.29 is 119 Å². The summed E-state index contributed by atoms with van der Waals surface area (Å²) < 4.78 is 98.5. The average Bonchev–Trinajstić information content (AvgIpc) is 0.757. The smallest absolute Gasteiger partial charge is 0.338 e. The van der Waals surface area contributed by atoms with Gasteiger partial charge in [-0.25, -0.2) is 47.9 Å². The van der Waals surface area contributed by atoms with Crippen LogP contribution < -0.4 is 0 Å². The third-order valence-corrected chi connectivity index (χ3v) is 19.0. The van der Waals surface area contributed by atoms with Crippen molar-refractivity contribution in [1.29, 1.82) is 0 Å². The first kappa shape index (κ1) is 79.3. The van der Waals surface area contributed by atoms with Crippen molar-refractivity contribution in [1.82, 2.24) is 0 Å². The first-order valence-electron chi connectivity index (χ1n) is 36.0. The lowest BCUT2D eigenvalue weighted by molar-refractivity contribution is -0.368. The Morgan fingerprint density at radius 2 is 0.386 bits per heavy atom. The molecule has 13 rings (SSSR count). The SMILES string of the molecule is O=C(OC[C@H]1O[C@H](Br)[C@H](OC(=O)c2ccccc2)[C@@H](OC(=O)c2ccccc2)[C@@H]1O[C@H]1O[C@H](COC(=O)c2ccccc2)[C@@H](O[C@H]2O[C@H](COC(=O)c3ccccc3)[C@@H](OC(=O)c3ccccc3)[C@H](OC(=O)c3ccccc3)[C@H]2OC(=O)c2ccccc2)[C@H](OC(=O)c2ccccc2)[C@H]1OC(=O)c1ccccc1)c1ccccc1. The van der Waals surface area contributed by atoms with Crippen molar-refractivity contribution in [2.45, 2.75) is 90.8 Å². The molecule has 114 heavy (non-hydrogen) atoms. The van der Waals surface area contributed by atoms with Crippen molar-refractivity contribution in [2.75, 3.05) is 19.8 Å². The fourth-order valence-corrected chi connectivity index (χ4v) is 13.3. The average molecular weight is 1610 g/mol. The third kappa shape index (κ3) is 20.1. The summed E-state index contributed by atoms with van der Waals surface area (Å²) in [5, 5.41) is -1.44. The van der Waals surface area contributed by atoms with Crippen LogP contribution in [-0.4, -0.2) is 170 Å². The molecule has 0 N–H and O–H groups in total. The molecule has 26 heteroatoms. The molecule has 3 heterocycles. The van der Waals surface area contributed by atoms with Gasteiger partial charge in [0, 0.05) is 0 Å². The molecule has 0 bridgehead atoms. The van der Waals surface area contributed by atoms with E-state index in [0.717, 1.165) is 0 Å². The van der Waals surface area contributed by atoms with Gasteiger partial charge in [0.25, 0.3) is 0 Å². The van der Waals surface area contributed by atoms with E-state index < -0.39 is 170 Å². The van der Waals surface area contributed by atoms with Gasteiger partial charge in [-0.15, -0.1) is 0 Å². The van der Waals surface area contributed by atoms with E-state index in [2.05, 4.69) is 15.9 Å². The maximum atomic E-state index is 15.5. The normalized spacial score (nSPS) is 22.9. The molecule has 3 aliphatic heterocycles. The maximum Gasteiger partial charge on any atom is 0.338 e. The predicted molar refractivity (Wildman–Crippen MR) is 404 cm³/mol. The zero-order valence-electron chi connectivity index (χ0n) is 60.2. The molecular weight excluding hydrogens is 1540 g/mol. The second-order valence-corrected chi connectivity index (χ2v) is 26.8. The van der Waals surface area contributed by atoms with Gasteiger partial charge in [-0.2, -0.15) is 0 Å². The van der Waals surface area contributed by atoms with Gasteiger partial charge in [-0.3, -0.25) is 0 Å². The van der Waals surface area contributed by atoms with E-state index in [1.54, 1.807) is 133 Å². The molecule has 0 amide bonds. The van der Waals surface area contributed by atoms with Gasteiger partial charge in [-0.1, -0.05) is 198 Å². The quantitative estimate of drug-likeness (QED) is 0.0262. The van der Waals surface area contributed by atoms with Crippen molar-refractivity contribution >= 4 is 75.6 Å². The van der Waals surface area contributed by atoms with Crippen LogP contribution >= 0.6 is 15.9 Å². The number of ether oxygens (including phenoxy) is 15. The Bertz CT molecular complexity index is 4910. The monoisotopic (exact) mass is 1610 g/mol. The Labute approximate surface area is 660 Å².